The normalized spacial score (nSPS) is 25.5. The van der Waals surface area contributed by atoms with Crippen LogP contribution in [0.15, 0.2) is 49.1 Å². The van der Waals surface area contributed by atoms with Crippen LogP contribution in [0.2, 0.25) is 18.1 Å². The largest absolute Gasteiger partial charge is 0.538 e. The van der Waals surface area contributed by atoms with Crippen molar-refractivity contribution in [2.45, 2.75) is 29.8 Å². The van der Waals surface area contributed by atoms with Crippen molar-refractivity contribution in [1.29, 1.82) is 0 Å². The average molecular weight is 308 g/mol. The fourth-order valence-electron chi connectivity index (χ4n) is 2.97. The lowest BCUT2D eigenvalue weighted by atomic mass is 10.00. The Morgan fingerprint density at radius 3 is 2.45 bits per heavy atom. The zero-order valence-corrected chi connectivity index (χ0v) is 14.0. The summed E-state index contributed by atoms with van der Waals surface area (Å²) in [6.45, 7) is 13.9. The number of allylic oxidation sites excluding steroid dienone is 3. The third-order valence-electron chi connectivity index (χ3n) is 3.95. The van der Waals surface area contributed by atoms with E-state index < -0.39 is 8.32 Å². The van der Waals surface area contributed by atoms with Gasteiger partial charge in [0.15, 0.2) is 0 Å². The van der Waals surface area contributed by atoms with E-state index in [9.17, 15) is 0 Å². The molecule has 1 fully saturated rings. The molecule has 4 heteroatoms. The van der Waals surface area contributed by atoms with Crippen molar-refractivity contribution in [1.82, 2.24) is 5.32 Å². The third kappa shape index (κ3) is 3.68. The maximum atomic E-state index is 6.53. The van der Waals surface area contributed by atoms with Gasteiger partial charge in [0, 0.05) is 17.7 Å². The van der Waals surface area contributed by atoms with Gasteiger partial charge in [-0.3, -0.25) is 0 Å². The summed E-state index contributed by atoms with van der Waals surface area (Å²) in [7, 11) is -1.89. The molecule has 0 aromatic heterocycles. The first-order chi connectivity index (χ1) is 9.73. The van der Waals surface area contributed by atoms with Gasteiger partial charge in [0.2, 0.25) is 0 Å². The zero-order valence-electron chi connectivity index (χ0n) is 12.1. The van der Waals surface area contributed by atoms with E-state index in [4.69, 9.17) is 4.43 Å². The number of nitrogens with one attached hydrogen (secondary N) is 1. The maximum Gasteiger partial charge on any atom is 0.262 e. The average Bonchev–Trinajstić information content (AvgIpc) is 2.81. The Labute approximate surface area is 128 Å². The van der Waals surface area contributed by atoms with Gasteiger partial charge in [0.1, 0.15) is 5.09 Å². The molecule has 0 bridgehead atoms. The lowest BCUT2D eigenvalue weighted by Crippen LogP contribution is -2.35. The molecule has 2 atom stereocenters. The van der Waals surface area contributed by atoms with Gasteiger partial charge in [0.25, 0.3) is 8.32 Å². The monoisotopic (exact) mass is 307 g/mol. The highest BCUT2D eigenvalue weighted by molar-refractivity contribution is 8.03. The summed E-state index contributed by atoms with van der Waals surface area (Å²) in [4.78, 5) is 0. The summed E-state index contributed by atoms with van der Waals surface area (Å²) in [6.07, 6.45) is 9.55. The summed E-state index contributed by atoms with van der Waals surface area (Å²) in [5.74, 6) is 0.631. The Kier molecular flexibility index (Phi) is 5.75. The zero-order chi connectivity index (χ0) is 14.4. The van der Waals surface area contributed by atoms with Crippen LogP contribution in [0.25, 0.3) is 0 Å². The van der Waals surface area contributed by atoms with Gasteiger partial charge in [-0.15, -0.1) is 19.7 Å². The first-order valence-corrected chi connectivity index (χ1v) is 10.7. The lowest BCUT2D eigenvalue weighted by Gasteiger charge is -2.30. The van der Waals surface area contributed by atoms with Crippen LogP contribution in [0.5, 0.6) is 0 Å². The molecule has 0 spiro atoms. The van der Waals surface area contributed by atoms with Crippen molar-refractivity contribution in [3.63, 3.8) is 0 Å². The Morgan fingerprint density at radius 1 is 1.25 bits per heavy atom. The molecule has 110 valence electrons. The minimum atomic E-state index is -1.89. The van der Waals surface area contributed by atoms with E-state index in [1.54, 1.807) is 0 Å². The lowest BCUT2D eigenvalue weighted by molar-refractivity contribution is 0.436. The molecule has 2 rings (SSSR count). The van der Waals surface area contributed by atoms with Crippen molar-refractivity contribution in [3.05, 3.63) is 49.1 Å². The molecule has 1 N–H and O–H groups in total. The number of hydrogen-bond acceptors (Lipinski definition) is 3. The fraction of sp³-hybridized carbons (Fsp3) is 0.500. The predicted octanol–water partition coefficient (Wildman–Crippen LogP) is 4.07. The molecule has 0 amide bonds. The highest BCUT2D eigenvalue weighted by Gasteiger charge is 2.38. The molecule has 0 aromatic carbocycles. The van der Waals surface area contributed by atoms with E-state index in [-0.39, 0.29) is 0 Å². The van der Waals surface area contributed by atoms with E-state index in [0.717, 1.165) is 36.3 Å². The van der Waals surface area contributed by atoms with Crippen LogP contribution >= 0.6 is 11.8 Å². The number of fused-ring (bicyclic) bond motifs is 1. The maximum absolute atomic E-state index is 6.53. The van der Waals surface area contributed by atoms with Crippen LogP contribution in [0.1, 0.15) is 6.42 Å². The molecule has 20 heavy (non-hydrogen) atoms. The molecule has 2 unspecified atom stereocenters. The highest BCUT2D eigenvalue weighted by atomic mass is 32.2. The fourth-order valence-corrected chi connectivity index (χ4v) is 7.65. The smallest absolute Gasteiger partial charge is 0.262 e. The first-order valence-electron chi connectivity index (χ1n) is 7.34. The van der Waals surface area contributed by atoms with Crippen LogP contribution in [-0.2, 0) is 4.43 Å². The second kappa shape index (κ2) is 7.34. The van der Waals surface area contributed by atoms with Gasteiger partial charge >= 0.3 is 0 Å². The summed E-state index contributed by atoms with van der Waals surface area (Å²) < 4.78 is 6.53. The number of thioether (sulfide) groups is 1. The predicted molar refractivity (Wildman–Crippen MR) is 92.3 cm³/mol. The van der Waals surface area contributed by atoms with Crippen LogP contribution < -0.4 is 5.32 Å². The van der Waals surface area contributed by atoms with Gasteiger partial charge < -0.3 is 9.74 Å². The Bertz CT molecular complexity index is 381. The summed E-state index contributed by atoms with van der Waals surface area (Å²) in [6, 6.07) is 2.86. The minimum Gasteiger partial charge on any atom is -0.538 e. The number of rotatable bonds is 8. The Balaban J connectivity index is 2.08. The van der Waals surface area contributed by atoms with Crippen molar-refractivity contribution in [2.24, 2.45) is 5.92 Å². The molecule has 0 aromatic rings. The number of piperidine rings is 1. The molecule has 2 aliphatic heterocycles. The molecule has 0 radical (unpaired) electrons. The second-order valence-electron chi connectivity index (χ2n) is 5.56. The molecule has 2 aliphatic rings. The van der Waals surface area contributed by atoms with E-state index in [2.05, 4.69) is 31.1 Å². The van der Waals surface area contributed by atoms with E-state index >= 15 is 0 Å². The Morgan fingerprint density at radius 2 is 1.90 bits per heavy atom. The van der Waals surface area contributed by atoms with Gasteiger partial charge in [0.05, 0.1) is 0 Å². The SMILES string of the molecule is C=CC[Si](CC=C)(CC=C)OC1=CC2CNCCC2S1. The summed E-state index contributed by atoms with van der Waals surface area (Å²) >= 11 is 1.93. The van der Waals surface area contributed by atoms with E-state index in [1.807, 2.05) is 30.0 Å². The van der Waals surface area contributed by atoms with Crippen molar-refractivity contribution < 1.29 is 4.43 Å². The van der Waals surface area contributed by atoms with E-state index in [1.165, 1.54) is 6.42 Å². The van der Waals surface area contributed by atoms with E-state index in [0.29, 0.717) is 11.2 Å². The van der Waals surface area contributed by atoms with Gasteiger partial charge in [-0.05, 0) is 37.2 Å². The van der Waals surface area contributed by atoms with Crippen LogP contribution in [0, 0.1) is 5.92 Å². The van der Waals surface area contributed by atoms with Gasteiger partial charge in [-0.1, -0.05) is 30.0 Å². The third-order valence-corrected chi connectivity index (χ3v) is 9.19. The summed E-state index contributed by atoms with van der Waals surface area (Å²) in [5, 5.41) is 5.31. The first kappa shape index (κ1) is 15.7. The van der Waals surface area contributed by atoms with Crippen molar-refractivity contribution in [2.75, 3.05) is 13.1 Å². The van der Waals surface area contributed by atoms with Crippen LogP contribution in [0.4, 0.5) is 0 Å². The molecular weight excluding hydrogens is 282 g/mol. The van der Waals surface area contributed by atoms with Crippen molar-refractivity contribution >= 4 is 20.1 Å². The molecule has 1 saturated heterocycles. The van der Waals surface area contributed by atoms with Crippen LogP contribution in [0.3, 0.4) is 0 Å². The molecule has 0 aliphatic carbocycles. The topological polar surface area (TPSA) is 21.3 Å². The van der Waals surface area contributed by atoms with Crippen molar-refractivity contribution in [3.8, 4) is 0 Å². The second-order valence-corrected chi connectivity index (χ2v) is 10.6. The molecule has 2 nitrogen and oxygen atoms in total. The summed E-state index contributed by atoms with van der Waals surface area (Å²) in [5.41, 5.74) is 0. The quantitative estimate of drug-likeness (QED) is 0.539. The van der Waals surface area contributed by atoms with Gasteiger partial charge in [-0.2, -0.15) is 0 Å². The molecule has 2 heterocycles. The molecular formula is C16H25NOSSi. The number of hydrogen-bond donors (Lipinski definition) is 1. The standard InChI is InChI=1S/C16H25NOSSi/c1-4-9-20(10-5-2,11-6-3)18-16-12-14-13-17-8-7-15(14)19-16/h4-6,12,14-15,17H,1-3,7-11,13H2. The van der Waals surface area contributed by atoms with Gasteiger partial charge in [-0.25, -0.2) is 0 Å². The Hall–Kier alpha value is -0.713. The molecule has 0 saturated carbocycles. The minimum absolute atomic E-state index is 0.631. The van der Waals surface area contributed by atoms with Crippen LogP contribution in [-0.4, -0.2) is 26.7 Å². The highest BCUT2D eigenvalue weighted by Crippen LogP contribution is 2.42.